The zero-order chi connectivity index (χ0) is 29.3. The summed E-state index contributed by atoms with van der Waals surface area (Å²) in [6.45, 7) is 0. The van der Waals surface area contributed by atoms with Gasteiger partial charge in [-0.25, -0.2) is 9.59 Å². The predicted octanol–water partition coefficient (Wildman–Crippen LogP) is 7.42. The maximum atomic E-state index is 11.0. The number of benzene rings is 3. The second kappa shape index (κ2) is 14.5. The maximum absolute atomic E-state index is 11.0. The largest absolute Gasteiger partial charge is 0.478 e. The number of carbonyl (C=O) groups is 2. The molecule has 3 aromatic carbocycles. The number of hydrogen-bond acceptors (Lipinski definition) is 5. The van der Waals surface area contributed by atoms with Crippen LogP contribution in [0.4, 0.5) is 0 Å². The Labute approximate surface area is 262 Å². The summed E-state index contributed by atoms with van der Waals surface area (Å²) < 4.78 is 0. The molecule has 0 aliphatic carbocycles. The van der Waals surface area contributed by atoms with Gasteiger partial charge in [0.2, 0.25) is 0 Å². The van der Waals surface area contributed by atoms with Gasteiger partial charge in [-0.1, -0.05) is 48.5 Å². The SMILES string of the molecule is O=C(O)c1ccc(-c2ccc(-c3ccc(-c4ccc(C(=O)O)cc4)cn3)nc2)cc1.[Ir].[c-]1ccccc1-c1ccccn1. The zero-order valence-electron chi connectivity index (χ0n) is 22.6. The Morgan fingerprint density at radius 1 is 0.512 bits per heavy atom. The van der Waals surface area contributed by atoms with Gasteiger partial charge in [-0.05, 0) is 59.3 Å². The summed E-state index contributed by atoms with van der Waals surface area (Å²) in [5.41, 5.74) is 7.45. The fourth-order valence-corrected chi connectivity index (χ4v) is 4.12. The molecule has 2 N–H and O–H groups in total. The van der Waals surface area contributed by atoms with Crippen LogP contribution in [0.15, 0.2) is 134 Å². The van der Waals surface area contributed by atoms with Crippen molar-refractivity contribution in [3.05, 3.63) is 151 Å². The summed E-state index contributed by atoms with van der Waals surface area (Å²) in [6.07, 6.45) is 5.24. The van der Waals surface area contributed by atoms with Gasteiger partial charge in [0.25, 0.3) is 0 Å². The molecule has 6 aromatic rings. The fraction of sp³-hybridized carbons (Fsp3) is 0. The maximum Gasteiger partial charge on any atom is 0.335 e. The molecule has 0 aliphatic rings. The van der Waals surface area contributed by atoms with Crippen LogP contribution < -0.4 is 0 Å². The number of aromatic nitrogens is 3. The molecular formula is C35H24IrN3O4-. The second-order valence-electron chi connectivity index (χ2n) is 9.12. The Balaban J connectivity index is 0.000000272. The zero-order valence-corrected chi connectivity index (χ0v) is 25.0. The van der Waals surface area contributed by atoms with Crippen LogP contribution in [0.5, 0.6) is 0 Å². The van der Waals surface area contributed by atoms with Gasteiger partial charge < -0.3 is 15.2 Å². The first kappa shape index (κ1) is 30.7. The molecule has 6 rings (SSSR count). The predicted molar refractivity (Wildman–Crippen MR) is 161 cm³/mol. The van der Waals surface area contributed by atoms with Gasteiger partial charge in [0.05, 0.1) is 22.5 Å². The quantitative estimate of drug-likeness (QED) is 0.171. The summed E-state index contributed by atoms with van der Waals surface area (Å²) in [6, 6.07) is 37.6. The van der Waals surface area contributed by atoms with E-state index in [1.165, 1.54) is 0 Å². The number of rotatable bonds is 6. The normalized spacial score (nSPS) is 10.0. The van der Waals surface area contributed by atoms with E-state index in [9.17, 15) is 9.59 Å². The first-order valence-electron chi connectivity index (χ1n) is 13.0. The Morgan fingerprint density at radius 3 is 1.37 bits per heavy atom. The van der Waals surface area contributed by atoms with Crippen molar-refractivity contribution < 1.29 is 39.9 Å². The average molecular weight is 743 g/mol. The molecule has 0 saturated heterocycles. The molecule has 3 aromatic heterocycles. The van der Waals surface area contributed by atoms with Crippen LogP contribution in [0, 0.1) is 6.07 Å². The van der Waals surface area contributed by atoms with E-state index in [1.807, 2.05) is 66.7 Å². The van der Waals surface area contributed by atoms with E-state index in [4.69, 9.17) is 10.2 Å². The summed E-state index contributed by atoms with van der Waals surface area (Å²) in [4.78, 5) is 35.1. The van der Waals surface area contributed by atoms with E-state index >= 15 is 0 Å². The van der Waals surface area contributed by atoms with E-state index in [0.29, 0.717) is 11.4 Å². The van der Waals surface area contributed by atoms with E-state index in [2.05, 4.69) is 21.0 Å². The Kier molecular flexibility index (Phi) is 10.4. The minimum atomic E-state index is -0.956. The van der Waals surface area contributed by atoms with Gasteiger partial charge in [0, 0.05) is 49.8 Å². The van der Waals surface area contributed by atoms with Gasteiger partial charge in [0.15, 0.2) is 0 Å². The molecule has 0 saturated carbocycles. The Hall–Kier alpha value is -5.30. The molecule has 0 fully saturated rings. The third-order valence-corrected chi connectivity index (χ3v) is 6.37. The van der Waals surface area contributed by atoms with Crippen molar-refractivity contribution in [3.63, 3.8) is 0 Å². The molecule has 0 spiro atoms. The number of nitrogens with zero attached hydrogens (tertiary/aromatic N) is 3. The molecule has 43 heavy (non-hydrogen) atoms. The van der Waals surface area contributed by atoms with Gasteiger partial charge in [0.1, 0.15) is 0 Å². The Bertz CT molecular complexity index is 1640. The van der Waals surface area contributed by atoms with Crippen molar-refractivity contribution in [1.82, 2.24) is 15.0 Å². The topological polar surface area (TPSA) is 113 Å². The van der Waals surface area contributed by atoms with Gasteiger partial charge in [-0.3, -0.25) is 9.97 Å². The summed E-state index contributed by atoms with van der Waals surface area (Å²) in [7, 11) is 0. The molecule has 0 atom stereocenters. The number of aromatic carboxylic acids is 2. The van der Waals surface area contributed by atoms with Crippen molar-refractivity contribution in [3.8, 4) is 44.9 Å². The van der Waals surface area contributed by atoms with Crippen LogP contribution in [0.1, 0.15) is 20.7 Å². The summed E-state index contributed by atoms with van der Waals surface area (Å²) >= 11 is 0. The van der Waals surface area contributed by atoms with E-state index in [1.54, 1.807) is 67.1 Å². The standard InChI is InChI=1S/C24H16N2O4.C11H8N.Ir/c27-23(28)17-5-1-15(2-6-17)19-9-11-21(25-13-19)22-12-10-20(14-26-22)16-3-7-18(8-4-16)24(29)30;1-2-6-10(7-3-1)11-8-4-5-9-12-11;/h1-14H,(H,27,28)(H,29,30);1-6,8-9H;/q;-1;. The Morgan fingerprint density at radius 2 is 1.00 bits per heavy atom. The monoisotopic (exact) mass is 743 g/mol. The molecule has 3 heterocycles. The third-order valence-electron chi connectivity index (χ3n) is 6.37. The minimum Gasteiger partial charge on any atom is -0.478 e. The van der Waals surface area contributed by atoms with Crippen LogP contribution in [0.2, 0.25) is 0 Å². The molecule has 0 aliphatic heterocycles. The number of pyridine rings is 3. The van der Waals surface area contributed by atoms with Crippen LogP contribution in [0.3, 0.4) is 0 Å². The molecule has 0 bridgehead atoms. The van der Waals surface area contributed by atoms with Gasteiger partial charge >= 0.3 is 11.9 Å². The smallest absolute Gasteiger partial charge is 0.335 e. The second-order valence-corrected chi connectivity index (χ2v) is 9.12. The van der Waals surface area contributed by atoms with Crippen molar-refractivity contribution in [2.75, 3.05) is 0 Å². The summed E-state index contributed by atoms with van der Waals surface area (Å²) in [5.74, 6) is -1.91. The molecule has 213 valence electrons. The number of hydrogen-bond donors (Lipinski definition) is 2. The fourth-order valence-electron chi connectivity index (χ4n) is 4.12. The minimum absolute atomic E-state index is 0. The van der Waals surface area contributed by atoms with Crippen molar-refractivity contribution >= 4 is 11.9 Å². The van der Waals surface area contributed by atoms with Crippen LogP contribution >= 0.6 is 0 Å². The molecule has 1 radical (unpaired) electrons. The molecule has 8 heteroatoms. The van der Waals surface area contributed by atoms with E-state index < -0.39 is 11.9 Å². The number of carboxylic acid groups (broad SMARTS) is 2. The van der Waals surface area contributed by atoms with Crippen molar-refractivity contribution in [2.24, 2.45) is 0 Å². The molecule has 0 unspecified atom stereocenters. The van der Waals surface area contributed by atoms with Gasteiger partial charge in [-0.15, -0.1) is 35.9 Å². The number of carboxylic acids is 2. The first-order chi connectivity index (χ1) is 20.5. The molecule has 0 amide bonds. The average Bonchev–Trinajstić information content (AvgIpc) is 3.06. The van der Waals surface area contributed by atoms with Crippen molar-refractivity contribution in [2.45, 2.75) is 0 Å². The van der Waals surface area contributed by atoms with Crippen LogP contribution in [-0.2, 0) is 20.1 Å². The van der Waals surface area contributed by atoms with Crippen molar-refractivity contribution in [1.29, 1.82) is 0 Å². The van der Waals surface area contributed by atoms with Crippen LogP contribution in [0.25, 0.3) is 44.9 Å². The van der Waals surface area contributed by atoms with E-state index in [-0.39, 0.29) is 31.2 Å². The van der Waals surface area contributed by atoms with E-state index in [0.717, 1.165) is 33.5 Å². The summed E-state index contributed by atoms with van der Waals surface area (Å²) in [5, 5.41) is 18.0. The first-order valence-corrected chi connectivity index (χ1v) is 13.0. The molecular weight excluding hydrogens is 719 g/mol. The molecule has 7 nitrogen and oxygen atoms in total. The third kappa shape index (κ3) is 7.92. The van der Waals surface area contributed by atoms with Crippen LogP contribution in [-0.4, -0.2) is 37.1 Å². The van der Waals surface area contributed by atoms with Gasteiger partial charge in [-0.2, -0.15) is 0 Å².